The quantitative estimate of drug-likeness (QED) is 0.372. The van der Waals surface area contributed by atoms with Crippen LogP contribution in [-0.4, -0.2) is 41.1 Å². The van der Waals surface area contributed by atoms with Crippen molar-refractivity contribution in [1.82, 2.24) is 4.90 Å². The molecule has 0 radical (unpaired) electrons. The predicted molar refractivity (Wildman–Crippen MR) is 144 cm³/mol. The van der Waals surface area contributed by atoms with Crippen molar-refractivity contribution in [1.29, 1.82) is 0 Å². The number of nitrogens with zero attached hydrogens (tertiary/aromatic N) is 2. The Kier molecular flexibility index (Phi) is 8.35. The summed E-state index contributed by atoms with van der Waals surface area (Å²) in [4.78, 5) is 29.6. The largest absolute Gasteiger partial charge is 0.494 e. The molecular formula is C28H28FN3O4S. The first-order valence-corrected chi connectivity index (χ1v) is 12.5. The molecule has 0 unspecified atom stereocenters. The van der Waals surface area contributed by atoms with Gasteiger partial charge in [0.2, 0.25) is 5.91 Å². The first kappa shape index (κ1) is 26.1. The fourth-order valence-electron chi connectivity index (χ4n) is 4.11. The molecule has 1 saturated heterocycles. The van der Waals surface area contributed by atoms with Crippen molar-refractivity contribution in [3.63, 3.8) is 0 Å². The van der Waals surface area contributed by atoms with Crippen LogP contribution in [0.5, 0.6) is 11.5 Å². The van der Waals surface area contributed by atoms with Gasteiger partial charge in [-0.1, -0.05) is 18.2 Å². The molecule has 2 amide bonds. The molecule has 0 aliphatic carbocycles. The SMILES string of the molecule is CCOc1ccc(NC(=O)C[C@@H]2C(=O)N(c3ccc(OCC)cc3)C(=S)N2Cc2ccccc2F)cc1. The lowest BCUT2D eigenvalue weighted by atomic mass is 10.1. The lowest BCUT2D eigenvalue weighted by Gasteiger charge is -2.24. The molecule has 37 heavy (non-hydrogen) atoms. The van der Waals surface area contributed by atoms with Crippen molar-refractivity contribution in [2.45, 2.75) is 32.9 Å². The van der Waals surface area contributed by atoms with E-state index < -0.39 is 11.9 Å². The Hall–Kier alpha value is -3.98. The third-order valence-electron chi connectivity index (χ3n) is 5.85. The Morgan fingerprint density at radius 3 is 2.14 bits per heavy atom. The predicted octanol–water partition coefficient (Wildman–Crippen LogP) is 5.15. The number of benzene rings is 3. The van der Waals surface area contributed by atoms with E-state index in [1.54, 1.807) is 71.6 Å². The van der Waals surface area contributed by atoms with E-state index in [1.165, 1.54) is 11.0 Å². The highest BCUT2D eigenvalue weighted by atomic mass is 32.1. The summed E-state index contributed by atoms with van der Waals surface area (Å²) in [5, 5.41) is 3.02. The number of rotatable bonds is 10. The maximum atomic E-state index is 14.5. The summed E-state index contributed by atoms with van der Waals surface area (Å²) >= 11 is 5.68. The number of amides is 2. The van der Waals surface area contributed by atoms with Crippen LogP contribution < -0.4 is 19.7 Å². The van der Waals surface area contributed by atoms with Crippen LogP contribution in [0.4, 0.5) is 15.8 Å². The first-order chi connectivity index (χ1) is 17.9. The average Bonchev–Trinajstić information content (AvgIpc) is 3.11. The summed E-state index contributed by atoms with van der Waals surface area (Å²) in [5.41, 5.74) is 1.50. The molecule has 1 fully saturated rings. The normalized spacial score (nSPS) is 15.2. The van der Waals surface area contributed by atoms with Gasteiger partial charge in [-0.05, 0) is 80.7 Å². The summed E-state index contributed by atoms with van der Waals surface area (Å²) in [5.74, 6) is 0.233. The maximum Gasteiger partial charge on any atom is 0.256 e. The zero-order valence-corrected chi connectivity index (χ0v) is 21.5. The number of thiocarbonyl (C=S) groups is 1. The van der Waals surface area contributed by atoms with Gasteiger partial charge in [0.15, 0.2) is 5.11 Å². The van der Waals surface area contributed by atoms with E-state index in [0.29, 0.717) is 41.7 Å². The van der Waals surface area contributed by atoms with E-state index in [2.05, 4.69) is 5.32 Å². The number of ether oxygens (including phenoxy) is 2. The van der Waals surface area contributed by atoms with Crippen molar-refractivity contribution in [3.8, 4) is 11.5 Å². The number of halogens is 1. The zero-order chi connectivity index (χ0) is 26.4. The van der Waals surface area contributed by atoms with Gasteiger partial charge in [0.1, 0.15) is 23.4 Å². The van der Waals surface area contributed by atoms with Gasteiger partial charge in [0, 0.05) is 17.8 Å². The Morgan fingerprint density at radius 1 is 0.946 bits per heavy atom. The van der Waals surface area contributed by atoms with Gasteiger partial charge >= 0.3 is 0 Å². The molecule has 1 aliphatic heterocycles. The van der Waals surface area contributed by atoms with E-state index >= 15 is 0 Å². The third-order valence-corrected chi connectivity index (χ3v) is 6.27. The van der Waals surface area contributed by atoms with Crippen LogP contribution in [0.25, 0.3) is 0 Å². The summed E-state index contributed by atoms with van der Waals surface area (Å²) in [6.45, 7) is 4.88. The van der Waals surface area contributed by atoms with Crippen LogP contribution in [-0.2, 0) is 16.1 Å². The Labute approximate surface area is 220 Å². The molecule has 3 aromatic rings. The first-order valence-electron chi connectivity index (χ1n) is 12.0. The van der Waals surface area contributed by atoms with Gasteiger partial charge in [0.05, 0.1) is 25.3 Å². The molecule has 0 bridgehead atoms. The van der Waals surface area contributed by atoms with E-state index in [-0.39, 0.29) is 29.9 Å². The minimum Gasteiger partial charge on any atom is -0.494 e. The van der Waals surface area contributed by atoms with E-state index in [1.807, 2.05) is 13.8 Å². The van der Waals surface area contributed by atoms with E-state index in [0.717, 1.165) is 0 Å². The molecular weight excluding hydrogens is 493 g/mol. The van der Waals surface area contributed by atoms with E-state index in [9.17, 15) is 14.0 Å². The molecule has 4 rings (SSSR count). The molecule has 192 valence electrons. The Morgan fingerprint density at radius 2 is 1.54 bits per heavy atom. The van der Waals surface area contributed by atoms with Crippen LogP contribution >= 0.6 is 12.2 Å². The van der Waals surface area contributed by atoms with Crippen molar-refractivity contribution in [3.05, 3.63) is 84.2 Å². The average molecular weight is 522 g/mol. The fourth-order valence-corrected chi connectivity index (χ4v) is 4.50. The zero-order valence-electron chi connectivity index (χ0n) is 20.6. The van der Waals surface area contributed by atoms with Gasteiger partial charge < -0.3 is 19.7 Å². The topological polar surface area (TPSA) is 71.1 Å². The Bertz CT molecular complexity index is 1270. The maximum absolute atomic E-state index is 14.5. The number of carbonyl (C=O) groups is 2. The van der Waals surface area contributed by atoms with Crippen LogP contribution in [0.3, 0.4) is 0 Å². The number of anilines is 2. The van der Waals surface area contributed by atoms with Gasteiger partial charge in [-0.3, -0.25) is 14.5 Å². The summed E-state index contributed by atoms with van der Waals surface area (Å²) < 4.78 is 25.4. The smallest absolute Gasteiger partial charge is 0.256 e. The second kappa shape index (κ2) is 11.8. The van der Waals surface area contributed by atoms with Crippen LogP contribution in [0.15, 0.2) is 72.8 Å². The second-order valence-electron chi connectivity index (χ2n) is 8.33. The fraction of sp³-hybridized carbons (Fsp3) is 0.250. The van der Waals surface area contributed by atoms with Crippen LogP contribution in [0.2, 0.25) is 0 Å². The summed E-state index contributed by atoms with van der Waals surface area (Å²) in [6, 6.07) is 19.4. The number of nitrogens with one attached hydrogen (secondary N) is 1. The molecule has 0 spiro atoms. The minimum atomic E-state index is -0.902. The van der Waals surface area contributed by atoms with Crippen LogP contribution in [0, 0.1) is 5.82 Å². The van der Waals surface area contributed by atoms with Gasteiger partial charge in [-0.15, -0.1) is 0 Å². The lowest BCUT2D eigenvalue weighted by molar-refractivity contribution is -0.124. The van der Waals surface area contributed by atoms with Crippen molar-refractivity contribution in [2.24, 2.45) is 0 Å². The highest BCUT2D eigenvalue weighted by Gasteiger charge is 2.44. The van der Waals surface area contributed by atoms with Crippen LogP contribution in [0.1, 0.15) is 25.8 Å². The molecule has 1 heterocycles. The summed E-state index contributed by atoms with van der Waals surface area (Å²) in [7, 11) is 0. The molecule has 9 heteroatoms. The molecule has 1 N–H and O–H groups in total. The van der Waals surface area contributed by atoms with Crippen molar-refractivity contribution >= 4 is 40.5 Å². The monoisotopic (exact) mass is 521 g/mol. The number of carbonyl (C=O) groups excluding carboxylic acids is 2. The van der Waals surface area contributed by atoms with Gasteiger partial charge in [0.25, 0.3) is 5.91 Å². The number of hydrogen-bond donors (Lipinski definition) is 1. The van der Waals surface area contributed by atoms with Crippen molar-refractivity contribution < 1.29 is 23.5 Å². The van der Waals surface area contributed by atoms with Gasteiger partial charge in [-0.2, -0.15) is 0 Å². The van der Waals surface area contributed by atoms with Crippen molar-refractivity contribution in [2.75, 3.05) is 23.4 Å². The van der Waals surface area contributed by atoms with E-state index in [4.69, 9.17) is 21.7 Å². The lowest BCUT2D eigenvalue weighted by Crippen LogP contribution is -2.37. The molecule has 7 nitrogen and oxygen atoms in total. The second-order valence-corrected chi connectivity index (χ2v) is 8.69. The molecule has 0 aromatic heterocycles. The highest BCUT2D eigenvalue weighted by molar-refractivity contribution is 7.80. The molecule has 3 aromatic carbocycles. The highest BCUT2D eigenvalue weighted by Crippen LogP contribution is 2.30. The molecule has 1 atom stereocenters. The standard InChI is InChI=1S/C28H28FN3O4S/c1-3-35-22-13-9-20(10-14-22)30-26(33)17-25-27(34)32(21-11-15-23(16-12-21)36-4-2)28(37)31(25)18-19-7-5-6-8-24(19)29/h5-16,25H,3-4,17-18H2,1-2H3,(H,30,33)/t25-/m1/s1. The minimum absolute atomic E-state index is 0.0474. The Balaban J connectivity index is 1.57. The third kappa shape index (κ3) is 6.06. The summed E-state index contributed by atoms with van der Waals surface area (Å²) in [6.07, 6.45) is -0.159. The molecule has 1 aliphatic rings. The number of hydrogen-bond acceptors (Lipinski definition) is 5. The molecule has 0 saturated carbocycles. The van der Waals surface area contributed by atoms with Gasteiger partial charge in [-0.25, -0.2) is 4.39 Å².